The molecule has 0 bridgehead atoms. The van der Waals surface area contributed by atoms with Crippen molar-refractivity contribution in [1.82, 2.24) is 0 Å². The number of ether oxygens (including phenoxy) is 2. The molecule has 1 N–H and O–H groups in total. The first-order chi connectivity index (χ1) is 14.2. The van der Waals surface area contributed by atoms with E-state index in [0.29, 0.717) is 28.8 Å². The quantitative estimate of drug-likeness (QED) is 0.628. The first kappa shape index (κ1) is 22.3. The second-order valence-electron chi connectivity index (χ2n) is 8.89. The van der Waals surface area contributed by atoms with Gasteiger partial charge in [0.15, 0.2) is 6.61 Å². The van der Waals surface area contributed by atoms with Gasteiger partial charge in [0.25, 0.3) is 5.91 Å². The Morgan fingerprint density at radius 3 is 2.53 bits per heavy atom. The highest BCUT2D eigenvalue weighted by Gasteiger charge is 2.29. The zero-order valence-electron chi connectivity index (χ0n) is 18.5. The number of hydrogen-bond acceptors (Lipinski definition) is 5. The lowest BCUT2D eigenvalue weighted by Gasteiger charge is -2.19. The molecule has 2 aromatic rings. The van der Waals surface area contributed by atoms with E-state index in [1.54, 1.807) is 6.92 Å². The smallest absolute Gasteiger partial charge is 0.341 e. The van der Waals surface area contributed by atoms with Gasteiger partial charge in [-0.15, -0.1) is 11.3 Å². The largest absolute Gasteiger partial charge is 0.484 e. The number of benzene rings is 1. The van der Waals surface area contributed by atoms with E-state index < -0.39 is 0 Å². The van der Waals surface area contributed by atoms with Gasteiger partial charge < -0.3 is 14.8 Å². The number of rotatable bonds is 6. The van der Waals surface area contributed by atoms with Crippen LogP contribution < -0.4 is 10.1 Å². The maximum Gasteiger partial charge on any atom is 0.341 e. The van der Waals surface area contributed by atoms with Crippen molar-refractivity contribution in [2.75, 3.05) is 18.5 Å². The van der Waals surface area contributed by atoms with Crippen molar-refractivity contribution in [3.05, 3.63) is 45.8 Å². The van der Waals surface area contributed by atoms with E-state index in [1.807, 2.05) is 24.3 Å². The fourth-order valence-corrected chi connectivity index (χ4v) is 5.04. The van der Waals surface area contributed by atoms with Crippen molar-refractivity contribution in [3.63, 3.8) is 0 Å². The van der Waals surface area contributed by atoms with Crippen LogP contribution in [0.25, 0.3) is 0 Å². The van der Waals surface area contributed by atoms with Gasteiger partial charge in [0.05, 0.1) is 12.2 Å². The lowest BCUT2D eigenvalue weighted by Crippen LogP contribution is -2.21. The molecule has 0 unspecified atom stereocenters. The number of carbonyl (C=O) groups is 2. The molecule has 162 valence electrons. The Morgan fingerprint density at radius 2 is 1.90 bits per heavy atom. The van der Waals surface area contributed by atoms with Crippen LogP contribution >= 0.6 is 11.3 Å². The highest BCUT2D eigenvalue weighted by Crippen LogP contribution is 2.40. The van der Waals surface area contributed by atoms with Gasteiger partial charge in [0.1, 0.15) is 10.8 Å². The summed E-state index contributed by atoms with van der Waals surface area (Å²) in [6, 6.07) is 7.79. The van der Waals surface area contributed by atoms with Gasteiger partial charge in [-0.05, 0) is 60.8 Å². The van der Waals surface area contributed by atoms with Crippen LogP contribution in [0.4, 0.5) is 5.00 Å². The average molecular weight is 430 g/mol. The number of carbonyl (C=O) groups excluding carboxylic acids is 2. The molecule has 30 heavy (non-hydrogen) atoms. The average Bonchev–Trinajstić information content (AvgIpc) is 3.03. The van der Waals surface area contributed by atoms with E-state index in [1.165, 1.54) is 21.8 Å². The second kappa shape index (κ2) is 9.21. The number of hydrogen-bond donors (Lipinski definition) is 1. The first-order valence-electron chi connectivity index (χ1n) is 10.5. The molecule has 1 amide bonds. The minimum absolute atomic E-state index is 0.0647. The van der Waals surface area contributed by atoms with Crippen molar-refractivity contribution in [3.8, 4) is 5.75 Å². The van der Waals surface area contributed by atoms with E-state index >= 15 is 0 Å². The van der Waals surface area contributed by atoms with Crippen molar-refractivity contribution < 1.29 is 19.1 Å². The molecule has 1 aliphatic rings. The van der Waals surface area contributed by atoms with Gasteiger partial charge in [0.2, 0.25) is 0 Å². The third-order valence-electron chi connectivity index (χ3n) is 5.33. The standard InChI is InChI=1S/C24H31NO4S/c1-6-28-23(27)21-18-12-7-15(2)13-19(18)30-22(21)25-20(26)14-29-17-10-8-16(9-11-17)24(3,4)5/h8-11,15H,6-7,12-14H2,1-5H3,(H,25,26)/t15-/m0/s1. The summed E-state index contributed by atoms with van der Waals surface area (Å²) in [5.41, 5.74) is 2.82. The summed E-state index contributed by atoms with van der Waals surface area (Å²) >= 11 is 1.49. The molecule has 0 aliphatic heterocycles. The maximum atomic E-state index is 12.6. The Hall–Kier alpha value is -2.34. The Labute approximate surface area is 182 Å². The Bertz CT molecular complexity index is 909. The van der Waals surface area contributed by atoms with E-state index in [4.69, 9.17) is 9.47 Å². The van der Waals surface area contributed by atoms with Crippen LogP contribution in [0.5, 0.6) is 5.75 Å². The van der Waals surface area contributed by atoms with Crippen molar-refractivity contribution in [2.24, 2.45) is 5.92 Å². The normalized spacial score (nSPS) is 16.0. The zero-order valence-corrected chi connectivity index (χ0v) is 19.3. The minimum Gasteiger partial charge on any atom is -0.484 e. The highest BCUT2D eigenvalue weighted by atomic mass is 32.1. The molecule has 0 spiro atoms. The predicted octanol–water partition coefficient (Wildman–Crippen LogP) is 5.36. The molecule has 6 heteroatoms. The SMILES string of the molecule is CCOC(=O)c1c(NC(=O)COc2ccc(C(C)(C)C)cc2)sc2c1CC[C@H](C)C2. The zero-order chi connectivity index (χ0) is 21.9. The fourth-order valence-electron chi connectivity index (χ4n) is 3.62. The molecule has 3 rings (SSSR count). The van der Waals surface area contributed by atoms with Gasteiger partial charge in [0, 0.05) is 4.88 Å². The van der Waals surface area contributed by atoms with Gasteiger partial charge in [-0.2, -0.15) is 0 Å². The molecule has 0 saturated heterocycles. The lowest BCUT2D eigenvalue weighted by atomic mass is 9.87. The third-order valence-corrected chi connectivity index (χ3v) is 6.50. The molecule has 1 aromatic heterocycles. The number of nitrogens with one attached hydrogen (secondary N) is 1. The first-order valence-corrected chi connectivity index (χ1v) is 11.4. The summed E-state index contributed by atoms with van der Waals surface area (Å²) in [4.78, 5) is 26.3. The van der Waals surface area contributed by atoms with E-state index in [9.17, 15) is 9.59 Å². The monoisotopic (exact) mass is 429 g/mol. The summed E-state index contributed by atoms with van der Waals surface area (Å²) in [7, 11) is 0. The van der Waals surface area contributed by atoms with Gasteiger partial charge in [-0.3, -0.25) is 4.79 Å². The summed E-state index contributed by atoms with van der Waals surface area (Å²) in [6.07, 6.45) is 2.81. The number of amides is 1. The molecule has 1 heterocycles. The summed E-state index contributed by atoms with van der Waals surface area (Å²) in [5.74, 6) is 0.572. The molecular formula is C24H31NO4S. The van der Waals surface area contributed by atoms with Crippen molar-refractivity contribution in [1.29, 1.82) is 0 Å². The molecule has 1 aliphatic carbocycles. The van der Waals surface area contributed by atoms with E-state index in [0.717, 1.165) is 24.8 Å². The molecule has 0 saturated carbocycles. The van der Waals surface area contributed by atoms with Crippen LogP contribution in [-0.4, -0.2) is 25.1 Å². The van der Waals surface area contributed by atoms with Crippen LogP contribution in [0, 0.1) is 5.92 Å². The molecule has 0 radical (unpaired) electrons. The van der Waals surface area contributed by atoms with Crippen molar-refractivity contribution in [2.45, 2.75) is 59.3 Å². The lowest BCUT2D eigenvalue weighted by molar-refractivity contribution is -0.118. The predicted molar refractivity (Wildman–Crippen MR) is 121 cm³/mol. The minimum atomic E-state index is -0.362. The number of thiophene rings is 1. The topological polar surface area (TPSA) is 64.6 Å². The van der Waals surface area contributed by atoms with Gasteiger partial charge >= 0.3 is 5.97 Å². The van der Waals surface area contributed by atoms with Gasteiger partial charge in [-0.1, -0.05) is 39.8 Å². The van der Waals surface area contributed by atoms with E-state index in [-0.39, 0.29) is 23.9 Å². The number of fused-ring (bicyclic) bond motifs is 1. The molecule has 1 atom stereocenters. The molecular weight excluding hydrogens is 398 g/mol. The summed E-state index contributed by atoms with van der Waals surface area (Å²) in [6.45, 7) is 10.6. The highest BCUT2D eigenvalue weighted by molar-refractivity contribution is 7.17. The van der Waals surface area contributed by atoms with Crippen LogP contribution in [0.2, 0.25) is 0 Å². The molecule has 0 fully saturated rings. The molecule has 5 nitrogen and oxygen atoms in total. The van der Waals surface area contributed by atoms with Crippen LogP contribution in [0.15, 0.2) is 24.3 Å². The molecule has 1 aromatic carbocycles. The number of anilines is 1. The van der Waals surface area contributed by atoms with Crippen LogP contribution in [0.1, 0.15) is 67.4 Å². The van der Waals surface area contributed by atoms with Crippen LogP contribution in [-0.2, 0) is 27.8 Å². The Morgan fingerprint density at radius 1 is 1.20 bits per heavy atom. The summed E-state index contributed by atoms with van der Waals surface area (Å²) in [5, 5.41) is 3.45. The maximum absolute atomic E-state index is 12.6. The second-order valence-corrected chi connectivity index (χ2v) is 9.99. The number of esters is 1. The Kier molecular flexibility index (Phi) is 6.86. The van der Waals surface area contributed by atoms with Gasteiger partial charge in [-0.25, -0.2) is 4.79 Å². The van der Waals surface area contributed by atoms with E-state index in [2.05, 4.69) is 33.0 Å². The third kappa shape index (κ3) is 5.22. The van der Waals surface area contributed by atoms with Crippen LogP contribution in [0.3, 0.4) is 0 Å². The van der Waals surface area contributed by atoms with Crippen molar-refractivity contribution >= 4 is 28.2 Å². The Balaban J connectivity index is 1.69. The fraction of sp³-hybridized carbons (Fsp3) is 0.500. The summed E-state index contributed by atoms with van der Waals surface area (Å²) < 4.78 is 10.9.